The minimum absolute atomic E-state index is 0.0359. The SMILES string of the molecule is COc1cc(OC)cc(-n2cc(C(=O)N(C)c3cc(F)cc(F)c3)c(=O)c3ccc(OCc4ccccc4)cc32)c1. The smallest absolute Gasteiger partial charge is 0.263 e. The highest BCUT2D eigenvalue weighted by atomic mass is 19.1. The van der Waals surface area contributed by atoms with Crippen LogP contribution in [0.3, 0.4) is 0 Å². The molecule has 1 aromatic heterocycles. The predicted octanol–water partition coefficient (Wildman–Crippen LogP) is 6.14. The van der Waals surface area contributed by atoms with Crippen LogP contribution in [0.1, 0.15) is 15.9 Å². The van der Waals surface area contributed by atoms with E-state index >= 15 is 0 Å². The second-order valence-electron chi connectivity index (χ2n) is 9.26. The van der Waals surface area contributed by atoms with E-state index < -0.39 is 23.0 Å². The molecule has 0 radical (unpaired) electrons. The van der Waals surface area contributed by atoms with Crippen molar-refractivity contribution in [3.8, 4) is 22.9 Å². The molecule has 0 saturated carbocycles. The highest BCUT2D eigenvalue weighted by Gasteiger charge is 2.22. The molecular formula is C32H26F2N2O5. The van der Waals surface area contributed by atoms with E-state index in [4.69, 9.17) is 14.2 Å². The number of ether oxygens (including phenoxy) is 3. The van der Waals surface area contributed by atoms with E-state index in [9.17, 15) is 18.4 Å². The van der Waals surface area contributed by atoms with Crippen LogP contribution in [0.4, 0.5) is 14.5 Å². The summed E-state index contributed by atoms with van der Waals surface area (Å²) >= 11 is 0. The van der Waals surface area contributed by atoms with Crippen molar-refractivity contribution in [2.75, 3.05) is 26.2 Å². The number of benzene rings is 4. The standard InChI is InChI=1S/C32H26F2N2O5/c1-35(23-12-21(33)11-22(34)13-23)32(38)29-18-36(24-14-26(39-2)16-27(15-24)40-3)30-17-25(9-10-28(30)31(29)37)41-19-20-7-5-4-6-8-20/h4-18H,19H2,1-3H3. The van der Waals surface area contributed by atoms with E-state index in [1.165, 1.54) is 27.5 Å². The first-order valence-electron chi connectivity index (χ1n) is 12.6. The lowest BCUT2D eigenvalue weighted by Gasteiger charge is -2.20. The van der Waals surface area contributed by atoms with Crippen LogP contribution in [0.15, 0.2) is 95.9 Å². The molecular weight excluding hydrogens is 530 g/mol. The summed E-state index contributed by atoms with van der Waals surface area (Å²) in [5.74, 6) is -0.944. The molecule has 0 aliphatic heterocycles. The van der Waals surface area contributed by atoms with Gasteiger partial charge >= 0.3 is 0 Å². The van der Waals surface area contributed by atoms with Crippen LogP contribution in [-0.4, -0.2) is 31.7 Å². The number of aromatic nitrogens is 1. The maximum Gasteiger partial charge on any atom is 0.263 e. The molecule has 41 heavy (non-hydrogen) atoms. The molecule has 0 spiro atoms. The summed E-state index contributed by atoms with van der Waals surface area (Å²) < 4.78 is 46.3. The summed E-state index contributed by atoms with van der Waals surface area (Å²) in [6.45, 7) is 0.315. The van der Waals surface area contributed by atoms with Gasteiger partial charge in [0.25, 0.3) is 5.91 Å². The minimum atomic E-state index is -0.845. The Morgan fingerprint density at radius 3 is 2.12 bits per heavy atom. The lowest BCUT2D eigenvalue weighted by atomic mass is 10.1. The molecule has 0 bridgehead atoms. The van der Waals surface area contributed by atoms with Crippen LogP contribution in [0, 0.1) is 11.6 Å². The number of hydrogen-bond donors (Lipinski definition) is 0. The zero-order valence-corrected chi connectivity index (χ0v) is 22.6. The molecule has 0 unspecified atom stereocenters. The number of fused-ring (bicyclic) bond motifs is 1. The first kappa shape index (κ1) is 27.4. The number of hydrogen-bond acceptors (Lipinski definition) is 5. The van der Waals surface area contributed by atoms with Crippen molar-refractivity contribution in [3.63, 3.8) is 0 Å². The van der Waals surface area contributed by atoms with Gasteiger partial charge in [-0.25, -0.2) is 8.78 Å². The maximum absolute atomic E-state index is 13.9. The molecule has 4 aromatic carbocycles. The van der Waals surface area contributed by atoms with Gasteiger partial charge in [0.15, 0.2) is 0 Å². The third-order valence-corrected chi connectivity index (χ3v) is 6.61. The van der Waals surface area contributed by atoms with Gasteiger partial charge in [-0.2, -0.15) is 0 Å². The molecule has 0 aliphatic rings. The van der Waals surface area contributed by atoms with Crippen LogP contribution in [-0.2, 0) is 6.61 Å². The number of amides is 1. The molecule has 0 N–H and O–H groups in total. The van der Waals surface area contributed by atoms with E-state index in [1.54, 1.807) is 41.0 Å². The van der Waals surface area contributed by atoms with E-state index in [2.05, 4.69) is 0 Å². The Bertz CT molecular complexity index is 1760. The van der Waals surface area contributed by atoms with Crippen molar-refractivity contribution < 1.29 is 27.8 Å². The van der Waals surface area contributed by atoms with E-state index in [1.807, 2.05) is 30.3 Å². The second kappa shape index (κ2) is 11.5. The summed E-state index contributed by atoms with van der Waals surface area (Å²) in [5.41, 5.74) is 1.19. The van der Waals surface area contributed by atoms with Gasteiger partial charge in [0.1, 0.15) is 41.1 Å². The summed E-state index contributed by atoms with van der Waals surface area (Å²) in [7, 11) is 4.37. The van der Waals surface area contributed by atoms with Crippen LogP contribution in [0.5, 0.6) is 17.2 Å². The van der Waals surface area contributed by atoms with Gasteiger partial charge in [0.2, 0.25) is 5.43 Å². The van der Waals surface area contributed by atoms with E-state index in [0.29, 0.717) is 41.1 Å². The number of rotatable bonds is 8. The van der Waals surface area contributed by atoms with Gasteiger partial charge < -0.3 is 23.7 Å². The number of carbonyl (C=O) groups is 1. The van der Waals surface area contributed by atoms with Crippen LogP contribution >= 0.6 is 0 Å². The van der Waals surface area contributed by atoms with Crippen molar-refractivity contribution >= 4 is 22.5 Å². The first-order chi connectivity index (χ1) is 19.8. The Labute approximate surface area is 234 Å². The zero-order valence-electron chi connectivity index (χ0n) is 22.6. The van der Waals surface area contributed by atoms with Crippen LogP contribution in [0.25, 0.3) is 16.6 Å². The third kappa shape index (κ3) is 5.74. The van der Waals surface area contributed by atoms with Gasteiger partial charge in [0, 0.05) is 54.6 Å². The third-order valence-electron chi connectivity index (χ3n) is 6.61. The topological polar surface area (TPSA) is 70.0 Å². The molecule has 5 aromatic rings. The number of pyridine rings is 1. The predicted molar refractivity (Wildman–Crippen MR) is 153 cm³/mol. The molecule has 9 heteroatoms. The van der Waals surface area contributed by atoms with Crippen molar-refractivity contribution in [1.82, 2.24) is 4.57 Å². The molecule has 0 atom stereocenters. The van der Waals surface area contributed by atoms with Crippen molar-refractivity contribution in [1.29, 1.82) is 0 Å². The van der Waals surface area contributed by atoms with E-state index in [-0.39, 0.29) is 16.6 Å². The zero-order chi connectivity index (χ0) is 29.1. The lowest BCUT2D eigenvalue weighted by Crippen LogP contribution is -2.32. The fourth-order valence-electron chi connectivity index (χ4n) is 4.46. The largest absolute Gasteiger partial charge is 0.497 e. The van der Waals surface area contributed by atoms with Gasteiger partial charge in [-0.1, -0.05) is 30.3 Å². The van der Waals surface area contributed by atoms with Gasteiger partial charge in [0.05, 0.1) is 25.4 Å². The van der Waals surface area contributed by atoms with Crippen LogP contribution < -0.4 is 24.5 Å². The maximum atomic E-state index is 13.9. The Hall–Kier alpha value is -5.18. The number of nitrogens with zero attached hydrogens (tertiary/aromatic N) is 2. The summed E-state index contributed by atoms with van der Waals surface area (Å²) in [5, 5.41) is 0.239. The average Bonchev–Trinajstić information content (AvgIpc) is 2.99. The molecule has 0 fully saturated rings. The van der Waals surface area contributed by atoms with Crippen LogP contribution in [0.2, 0.25) is 0 Å². The van der Waals surface area contributed by atoms with Crippen molar-refractivity contribution in [2.45, 2.75) is 6.61 Å². The molecule has 5 rings (SSSR count). The summed E-state index contributed by atoms with van der Waals surface area (Å²) in [6, 6.07) is 22.5. The molecule has 1 heterocycles. The van der Waals surface area contributed by atoms with Gasteiger partial charge in [-0.15, -0.1) is 0 Å². The van der Waals surface area contributed by atoms with Gasteiger partial charge in [-0.05, 0) is 29.8 Å². The Morgan fingerprint density at radius 2 is 1.49 bits per heavy atom. The van der Waals surface area contributed by atoms with Crippen molar-refractivity contribution in [3.05, 3.63) is 124 Å². The average molecular weight is 557 g/mol. The van der Waals surface area contributed by atoms with E-state index in [0.717, 1.165) is 22.6 Å². The lowest BCUT2D eigenvalue weighted by molar-refractivity contribution is 0.0991. The molecule has 0 saturated heterocycles. The number of anilines is 1. The fourth-order valence-corrected chi connectivity index (χ4v) is 4.46. The molecule has 0 aliphatic carbocycles. The number of methoxy groups -OCH3 is 2. The summed E-state index contributed by atoms with van der Waals surface area (Å²) in [4.78, 5) is 28.3. The Balaban J connectivity index is 1.67. The quantitative estimate of drug-likeness (QED) is 0.230. The Morgan fingerprint density at radius 1 is 0.829 bits per heavy atom. The molecule has 7 nitrogen and oxygen atoms in total. The highest BCUT2D eigenvalue weighted by molar-refractivity contribution is 6.07. The Kier molecular flexibility index (Phi) is 7.69. The van der Waals surface area contributed by atoms with Crippen molar-refractivity contribution in [2.24, 2.45) is 0 Å². The second-order valence-corrected chi connectivity index (χ2v) is 9.26. The summed E-state index contributed by atoms with van der Waals surface area (Å²) in [6.07, 6.45) is 1.40. The molecule has 1 amide bonds. The normalized spacial score (nSPS) is 10.9. The fraction of sp³-hybridized carbons (Fsp3) is 0.125. The number of carbonyl (C=O) groups excluding carboxylic acids is 1. The molecule has 208 valence electrons. The monoisotopic (exact) mass is 556 g/mol. The minimum Gasteiger partial charge on any atom is -0.497 e. The number of halogens is 2. The van der Waals surface area contributed by atoms with Gasteiger partial charge in [-0.3, -0.25) is 9.59 Å². The highest BCUT2D eigenvalue weighted by Crippen LogP contribution is 2.29. The first-order valence-corrected chi connectivity index (χ1v) is 12.6.